The van der Waals surface area contributed by atoms with Crippen molar-refractivity contribution in [2.24, 2.45) is 0 Å². The second kappa shape index (κ2) is 4.23. The first-order valence-electron chi connectivity index (χ1n) is 4.21. The van der Waals surface area contributed by atoms with Gasteiger partial charge in [-0.15, -0.1) is 0 Å². The Bertz CT molecular complexity index is 373. The first-order chi connectivity index (χ1) is 6.46. The summed E-state index contributed by atoms with van der Waals surface area (Å²) in [5.41, 5.74) is -0.461. The fraction of sp³-hybridized carbons (Fsp3) is 0.556. The van der Waals surface area contributed by atoms with Crippen LogP contribution in [0.2, 0.25) is 0 Å². The average Bonchev–Trinajstić information content (AvgIpc) is 2.13. The minimum atomic E-state index is -0.369. The number of ether oxygens (including phenoxy) is 1. The Morgan fingerprint density at radius 2 is 2.29 bits per heavy atom. The number of hydrogen-bond donors (Lipinski definition) is 0. The van der Waals surface area contributed by atoms with Gasteiger partial charge in [-0.3, -0.25) is 9.36 Å². The minimum absolute atomic E-state index is 0.0925. The van der Waals surface area contributed by atoms with Gasteiger partial charge in [0.15, 0.2) is 0 Å². The van der Waals surface area contributed by atoms with Gasteiger partial charge >= 0.3 is 0 Å². The van der Waals surface area contributed by atoms with E-state index < -0.39 is 0 Å². The van der Waals surface area contributed by atoms with Gasteiger partial charge in [-0.2, -0.15) is 0 Å². The highest BCUT2D eigenvalue weighted by molar-refractivity contribution is 9.10. The molecule has 0 aliphatic rings. The van der Waals surface area contributed by atoms with E-state index in [9.17, 15) is 4.79 Å². The highest BCUT2D eigenvalue weighted by Crippen LogP contribution is 2.09. The van der Waals surface area contributed by atoms with Crippen LogP contribution in [0.4, 0.5) is 0 Å². The standard InChI is InChI=1S/C9H13BrN2O2/c1-9(2,14-3)5-12-6-11-4-7(10)8(12)13/h4,6H,5H2,1-3H3. The monoisotopic (exact) mass is 260 g/mol. The van der Waals surface area contributed by atoms with Crippen molar-refractivity contribution in [2.45, 2.75) is 26.0 Å². The molecule has 5 heteroatoms. The van der Waals surface area contributed by atoms with E-state index in [4.69, 9.17) is 4.74 Å². The molecule has 0 N–H and O–H groups in total. The number of halogens is 1. The van der Waals surface area contributed by atoms with Gasteiger partial charge in [-0.1, -0.05) is 0 Å². The lowest BCUT2D eigenvalue weighted by Crippen LogP contribution is -2.34. The number of hydrogen-bond acceptors (Lipinski definition) is 3. The van der Waals surface area contributed by atoms with E-state index in [0.29, 0.717) is 11.0 Å². The van der Waals surface area contributed by atoms with E-state index in [1.165, 1.54) is 17.1 Å². The fourth-order valence-electron chi connectivity index (χ4n) is 1.01. The smallest absolute Gasteiger partial charge is 0.267 e. The highest BCUT2D eigenvalue weighted by Gasteiger charge is 2.18. The molecule has 0 amide bonds. The summed E-state index contributed by atoms with van der Waals surface area (Å²) in [6.07, 6.45) is 2.99. The van der Waals surface area contributed by atoms with Crippen LogP contribution in [0.15, 0.2) is 21.8 Å². The van der Waals surface area contributed by atoms with Crippen LogP contribution in [0.1, 0.15) is 13.8 Å². The molecule has 1 rings (SSSR count). The number of aromatic nitrogens is 2. The molecule has 0 aliphatic heterocycles. The Labute approximate surface area is 91.0 Å². The summed E-state index contributed by atoms with van der Waals surface area (Å²) >= 11 is 3.14. The molecular weight excluding hydrogens is 248 g/mol. The third-order valence-corrected chi connectivity index (χ3v) is 2.51. The minimum Gasteiger partial charge on any atom is -0.377 e. The zero-order chi connectivity index (χ0) is 10.8. The lowest BCUT2D eigenvalue weighted by molar-refractivity contribution is 0.00709. The molecule has 78 valence electrons. The van der Waals surface area contributed by atoms with Crippen molar-refractivity contribution < 1.29 is 4.74 Å². The summed E-state index contributed by atoms with van der Waals surface area (Å²) in [4.78, 5) is 15.5. The summed E-state index contributed by atoms with van der Waals surface area (Å²) in [7, 11) is 1.62. The predicted molar refractivity (Wildman–Crippen MR) is 57.3 cm³/mol. The zero-order valence-corrected chi connectivity index (χ0v) is 10.0. The molecule has 0 bridgehead atoms. The van der Waals surface area contributed by atoms with Crippen molar-refractivity contribution in [3.8, 4) is 0 Å². The van der Waals surface area contributed by atoms with Gasteiger partial charge in [0.2, 0.25) is 0 Å². The molecular formula is C9H13BrN2O2. The maximum Gasteiger partial charge on any atom is 0.267 e. The number of rotatable bonds is 3. The second-order valence-electron chi connectivity index (χ2n) is 3.64. The lowest BCUT2D eigenvalue weighted by Gasteiger charge is -2.23. The number of methoxy groups -OCH3 is 1. The van der Waals surface area contributed by atoms with Crippen molar-refractivity contribution in [1.29, 1.82) is 0 Å². The van der Waals surface area contributed by atoms with E-state index in [0.717, 1.165) is 0 Å². The van der Waals surface area contributed by atoms with Gasteiger partial charge in [-0.25, -0.2) is 4.98 Å². The van der Waals surface area contributed by atoms with Crippen molar-refractivity contribution in [2.75, 3.05) is 7.11 Å². The van der Waals surface area contributed by atoms with Crippen LogP contribution < -0.4 is 5.56 Å². The second-order valence-corrected chi connectivity index (χ2v) is 4.49. The molecule has 0 aromatic carbocycles. The fourth-order valence-corrected chi connectivity index (χ4v) is 1.36. The molecule has 0 spiro atoms. The molecule has 0 aliphatic carbocycles. The summed E-state index contributed by atoms with van der Waals surface area (Å²) in [6.45, 7) is 4.31. The van der Waals surface area contributed by atoms with Crippen LogP contribution in [0.3, 0.4) is 0 Å². The molecule has 14 heavy (non-hydrogen) atoms. The summed E-state index contributed by atoms with van der Waals surface area (Å²) in [5, 5.41) is 0. The molecule has 0 fully saturated rings. The van der Waals surface area contributed by atoms with Gasteiger partial charge in [0.1, 0.15) is 4.47 Å². The van der Waals surface area contributed by atoms with Gasteiger partial charge in [0, 0.05) is 13.3 Å². The highest BCUT2D eigenvalue weighted by atomic mass is 79.9. The van der Waals surface area contributed by atoms with E-state index in [-0.39, 0.29) is 11.2 Å². The van der Waals surface area contributed by atoms with Crippen molar-refractivity contribution in [1.82, 2.24) is 9.55 Å². The van der Waals surface area contributed by atoms with Crippen LogP contribution in [-0.4, -0.2) is 22.3 Å². The van der Waals surface area contributed by atoms with Crippen molar-refractivity contribution in [3.63, 3.8) is 0 Å². The third kappa shape index (κ3) is 2.65. The van der Waals surface area contributed by atoms with Crippen molar-refractivity contribution >= 4 is 15.9 Å². The van der Waals surface area contributed by atoms with Gasteiger partial charge in [0.05, 0.1) is 18.5 Å². The maximum absolute atomic E-state index is 11.6. The summed E-state index contributed by atoms with van der Waals surface area (Å²) < 4.78 is 7.22. The molecule has 0 saturated heterocycles. The summed E-state index contributed by atoms with van der Waals surface area (Å²) in [5.74, 6) is 0. The Morgan fingerprint density at radius 1 is 1.64 bits per heavy atom. The maximum atomic E-state index is 11.6. The van der Waals surface area contributed by atoms with Crippen LogP contribution in [-0.2, 0) is 11.3 Å². The SMILES string of the molecule is COC(C)(C)Cn1cncc(Br)c1=O. The van der Waals surface area contributed by atoms with Gasteiger partial charge in [0.25, 0.3) is 5.56 Å². The molecule has 0 unspecified atom stereocenters. The Balaban J connectivity index is 2.99. The third-order valence-electron chi connectivity index (χ3n) is 1.96. The van der Waals surface area contributed by atoms with Crippen LogP contribution >= 0.6 is 15.9 Å². The quantitative estimate of drug-likeness (QED) is 0.826. The average molecular weight is 261 g/mol. The molecule has 4 nitrogen and oxygen atoms in total. The molecule has 1 heterocycles. The van der Waals surface area contributed by atoms with E-state index in [1.54, 1.807) is 7.11 Å². The topological polar surface area (TPSA) is 44.1 Å². The molecule has 0 saturated carbocycles. The van der Waals surface area contributed by atoms with Gasteiger partial charge < -0.3 is 4.74 Å². The van der Waals surface area contributed by atoms with Crippen LogP contribution in [0.25, 0.3) is 0 Å². The molecule has 0 atom stereocenters. The Morgan fingerprint density at radius 3 is 2.86 bits per heavy atom. The number of nitrogens with zero attached hydrogens (tertiary/aromatic N) is 2. The van der Waals surface area contributed by atoms with E-state index >= 15 is 0 Å². The van der Waals surface area contributed by atoms with E-state index in [2.05, 4.69) is 20.9 Å². The largest absolute Gasteiger partial charge is 0.377 e. The van der Waals surface area contributed by atoms with Crippen molar-refractivity contribution in [3.05, 3.63) is 27.4 Å². The Hall–Kier alpha value is -0.680. The van der Waals surface area contributed by atoms with Crippen LogP contribution in [0, 0.1) is 0 Å². The first kappa shape index (κ1) is 11.4. The molecule has 1 aromatic heterocycles. The summed E-state index contributed by atoms with van der Waals surface area (Å²) in [6, 6.07) is 0. The predicted octanol–water partition coefficient (Wildman–Crippen LogP) is 1.43. The lowest BCUT2D eigenvalue weighted by atomic mass is 10.1. The van der Waals surface area contributed by atoms with Crippen LogP contribution in [0.5, 0.6) is 0 Å². The van der Waals surface area contributed by atoms with Gasteiger partial charge in [-0.05, 0) is 29.8 Å². The molecule has 0 radical (unpaired) electrons. The zero-order valence-electron chi connectivity index (χ0n) is 8.45. The Kier molecular flexibility index (Phi) is 3.44. The molecule has 1 aromatic rings. The normalized spacial score (nSPS) is 11.7. The first-order valence-corrected chi connectivity index (χ1v) is 5.01. The van der Waals surface area contributed by atoms with E-state index in [1.807, 2.05) is 13.8 Å².